The van der Waals surface area contributed by atoms with Crippen LogP contribution in [0.15, 0.2) is 0 Å². The van der Waals surface area contributed by atoms with Gasteiger partial charge in [0.05, 0.1) is 0 Å². The van der Waals surface area contributed by atoms with Gasteiger partial charge in [-0.25, -0.2) is 0 Å². The quantitative estimate of drug-likeness (QED) is 0.480. The van der Waals surface area contributed by atoms with Crippen LogP contribution in [0.4, 0.5) is 0 Å². The summed E-state index contributed by atoms with van der Waals surface area (Å²) < 4.78 is 0. The minimum atomic E-state index is -1.06. The van der Waals surface area contributed by atoms with E-state index >= 15 is 0 Å². The van der Waals surface area contributed by atoms with E-state index in [1.807, 2.05) is 0 Å². The van der Waals surface area contributed by atoms with Gasteiger partial charge in [-0.05, 0) is 38.0 Å². The van der Waals surface area contributed by atoms with Crippen molar-refractivity contribution >= 4 is 49.7 Å². The number of rotatable bonds is 7. The van der Waals surface area contributed by atoms with Crippen LogP contribution < -0.4 is 10.2 Å². The molecule has 18 heavy (non-hydrogen) atoms. The van der Waals surface area contributed by atoms with E-state index in [4.69, 9.17) is 0 Å². The summed E-state index contributed by atoms with van der Waals surface area (Å²) in [6.45, 7) is 0. The maximum absolute atomic E-state index is 11.1. The SMILES string of the molecule is O=C([O-])CCCCC(C(=O)[O-])C1CCCCC1.[Ca+2]. The Hall–Kier alpha value is 0.200. The fourth-order valence-corrected chi connectivity index (χ4v) is 2.72. The standard InChI is InChI=1S/C13H22O4.Ca/c14-12(15)9-5-4-8-11(13(16)17)10-6-2-1-3-7-10;/h10-11H,1-9H2,(H,14,15)(H,16,17);/q;+2/p-2. The van der Waals surface area contributed by atoms with E-state index in [1.54, 1.807) is 0 Å². The zero-order valence-electron chi connectivity index (χ0n) is 10.9. The van der Waals surface area contributed by atoms with E-state index in [9.17, 15) is 19.8 Å². The second-order valence-corrected chi connectivity index (χ2v) is 4.94. The summed E-state index contributed by atoms with van der Waals surface area (Å²) in [5.74, 6) is -2.19. The van der Waals surface area contributed by atoms with Crippen molar-refractivity contribution in [3.63, 3.8) is 0 Å². The first-order chi connectivity index (χ1) is 8.11. The summed E-state index contributed by atoms with van der Waals surface area (Å²) in [7, 11) is 0. The zero-order valence-corrected chi connectivity index (χ0v) is 13.1. The average Bonchev–Trinajstić information content (AvgIpc) is 2.29. The van der Waals surface area contributed by atoms with Crippen LogP contribution in [-0.2, 0) is 9.59 Å². The molecule has 0 aromatic heterocycles. The molecule has 1 saturated carbocycles. The topological polar surface area (TPSA) is 80.3 Å². The number of carbonyl (C=O) groups is 2. The Kier molecular flexibility index (Phi) is 10.2. The van der Waals surface area contributed by atoms with Crippen molar-refractivity contribution in [1.82, 2.24) is 0 Å². The molecule has 0 saturated heterocycles. The first-order valence-corrected chi connectivity index (χ1v) is 6.52. The van der Waals surface area contributed by atoms with Crippen LogP contribution in [-0.4, -0.2) is 49.7 Å². The van der Waals surface area contributed by atoms with Crippen molar-refractivity contribution < 1.29 is 19.8 Å². The molecule has 1 fully saturated rings. The normalized spacial score (nSPS) is 17.8. The Morgan fingerprint density at radius 1 is 1.06 bits per heavy atom. The predicted molar refractivity (Wildman–Crippen MR) is 64.3 cm³/mol. The van der Waals surface area contributed by atoms with Crippen molar-refractivity contribution in [2.75, 3.05) is 0 Å². The molecule has 1 atom stereocenters. The average molecular weight is 280 g/mol. The molecule has 0 spiro atoms. The van der Waals surface area contributed by atoms with Gasteiger partial charge in [0.2, 0.25) is 0 Å². The van der Waals surface area contributed by atoms with E-state index in [2.05, 4.69) is 0 Å². The van der Waals surface area contributed by atoms with Gasteiger partial charge in [0, 0.05) is 17.9 Å². The Morgan fingerprint density at radius 2 is 1.67 bits per heavy atom. The number of carboxylic acid groups (broad SMARTS) is 2. The molecule has 0 aromatic carbocycles. The Labute approximate surface area is 138 Å². The van der Waals surface area contributed by atoms with Crippen molar-refractivity contribution in [1.29, 1.82) is 0 Å². The van der Waals surface area contributed by atoms with E-state index < -0.39 is 17.9 Å². The first kappa shape index (κ1) is 18.2. The van der Waals surface area contributed by atoms with Crippen LogP contribution in [0.5, 0.6) is 0 Å². The molecule has 0 heterocycles. The third-order valence-electron chi connectivity index (χ3n) is 3.67. The summed E-state index contributed by atoms with van der Waals surface area (Å²) in [5.41, 5.74) is 0. The molecule has 98 valence electrons. The van der Waals surface area contributed by atoms with Crippen LogP contribution in [0.25, 0.3) is 0 Å². The molecule has 0 N–H and O–H groups in total. The summed E-state index contributed by atoms with van der Waals surface area (Å²) >= 11 is 0. The number of hydrogen-bond donors (Lipinski definition) is 0. The molecule has 0 radical (unpaired) electrons. The Balaban J connectivity index is 0.00000289. The molecule has 1 aliphatic carbocycles. The monoisotopic (exact) mass is 280 g/mol. The van der Waals surface area contributed by atoms with Crippen molar-refractivity contribution in [2.45, 2.75) is 57.8 Å². The van der Waals surface area contributed by atoms with Gasteiger partial charge in [-0.2, -0.15) is 0 Å². The number of unbranched alkanes of at least 4 members (excludes halogenated alkanes) is 1. The Morgan fingerprint density at radius 3 is 2.17 bits per heavy atom. The molecule has 1 unspecified atom stereocenters. The van der Waals surface area contributed by atoms with E-state index in [1.165, 1.54) is 6.42 Å². The molecular formula is C13H20CaO4. The fourth-order valence-electron chi connectivity index (χ4n) is 2.72. The van der Waals surface area contributed by atoms with E-state index in [-0.39, 0.29) is 50.1 Å². The minimum Gasteiger partial charge on any atom is -0.550 e. The van der Waals surface area contributed by atoms with Gasteiger partial charge in [-0.1, -0.05) is 25.7 Å². The third kappa shape index (κ3) is 6.95. The van der Waals surface area contributed by atoms with Crippen molar-refractivity contribution in [3.05, 3.63) is 0 Å². The predicted octanol–water partition coefficient (Wildman–Crippen LogP) is -0.138. The maximum Gasteiger partial charge on any atom is 2.00 e. The van der Waals surface area contributed by atoms with Crippen molar-refractivity contribution in [2.24, 2.45) is 11.8 Å². The molecule has 0 aromatic rings. The third-order valence-corrected chi connectivity index (χ3v) is 3.67. The fraction of sp³-hybridized carbons (Fsp3) is 0.846. The van der Waals surface area contributed by atoms with Gasteiger partial charge in [0.25, 0.3) is 0 Å². The van der Waals surface area contributed by atoms with Crippen LogP contribution in [0.3, 0.4) is 0 Å². The molecule has 1 aliphatic rings. The minimum absolute atomic E-state index is 0. The summed E-state index contributed by atoms with van der Waals surface area (Å²) in [6, 6.07) is 0. The number of aliphatic carboxylic acids is 2. The van der Waals surface area contributed by atoms with Crippen LogP contribution in [0.1, 0.15) is 57.8 Å². The van der Waals surface area contributed by atoms with Crippen molar-refractivity contribution in [3.8, 4) is 0 Å². The van der Waals surface area contributed by atoms with Gasteiger partial charge in [0.15, 0.2) is 0 Å². The summed E-state index contributed by atoms with van der Waals surface area (Å²) in [5, 5.41) is 21.3. The maximum atomic E-state index is 11.1. The number of carbonyl (C=O) groups excluding carboxylic acids is 2. The molecule has 5 heteroatoms. The number of hydrogen-bond acceptors (Lipinski definition) is 4. The second kappa shape index (κ2) is 10.0. The van der Waals surface area contributed by atoms with Gasteiger partial charge >= 0.3 is 37.7 Å². The summed E-state index contributed by atoms with van der Waals surface area (Å²) in [4.78, 5) is 21.3. The number of carboxylic acids is 2. The van der Waals surface area contributed by atoms with E-state index in [0.29, 0.717) is 19.3 Å². The van der Waals surface area contributed by atoms with E-state index in [0.717, 1.165) is 25.7 Å². The second-order valence-electron chi connectivity index (χ2n) is 4.94. The van der Waals surface area contributed by atoms with Crippen LogP contribution in [0, 0.1) is 11.8 Å². The van der Waals surface area contributed by atoms with Gasteiger partial charge in [-0.15, -0.1) is 0 Å². The molecule has 0 bridgehead atoms. The molecule has 0 aliphatic heterocycles. The smallest absolute Gasteiger partial charge is 0.550 e. The molecule has 4 nitrogen and oxygen atoms in total. The van der Waals surface area contributed by atoms with Gasteiger partial charge in [-0.3, -0.25) is 0 Å². The molecule has 0 amide bonds. The Bertz CT molecular complexity index is 262. The molecular weight excluding hydrogens is 260 g/mol. The van der Waals surface area contributed by atoms with Gasteiger partial charge in [0.1, 0.15) is 0 Å². The van der Waals surface area contributed by atoms with Crippen LogP contribution in [0.2, 0.25) is 0 Å². The molecule has 1 rings (SSSR count). The zero-order chi connectivity index (χ0) is 12.7. The van der Waals surface area contributed by atoms with Gasteiger partial charge < -0.3 is 19.8 Å². The van der Waals surface area contributed by atoms with Crippen LogP contribution >= 0.6 is 0 Å². The largest absolute Gasteiger partial charge is 2.00 e. The first-order valence-electron chi connectivity index (χ1n) is 6.52. The summed E-state index contributed by atoms with van der Waals surface area (Å²) in [6.07, 6.45) is 7.03.